The number of hydrogen-bond donors (Lipinski definition) is 1. The number of benzene rings is 1. The number of aromatic nitrogens is 1. The van der Waals surface area contributed by atoms with Gasteiger partial charge in [-0.25, -0.2) is 0 Å². The van der Waals surface area contributed by atoms with Crippen LogP contribution in [-0.2, 0) is 6.42 Å². The summed E-state index contributed by atoms with van der Waals surface area (Å²) in [5.41, 5.74) is 4.17. The molecule has 23 heavy (non-hydrogen) atoms. The molecule has 1 aliphatic rings. The zero-order chi connectivity index (χ0) is 16.2. The third kappa shape index (κ3) is 3.42. The maximum atomic E-state index is 5.68. The van der Waals surface area contributed by atoms with Gasteiger partial charge in [-0.1, -0.05) is 17.3 Å². The van der Waals surface area contributed by atoms with Crippen molar-refractivity contribution in [2.45, 2.75) is 32.6 Å². The molecule has 1 aromatic carbocycles. The SMILES string of the molecule is CC=Cc1c(NC)ccc2c(CCC3CCN(C)CC3)noc12. The van der Waals surface area contributed by atoms with Gasteiger partial charge < -0.3 is 14.7 Å². The van der Waals surface area contributed by atoms with Gasteiger partial charge in [-0.15, -0.1) is 0 Å². The van der Waals surface area contributed by atoms with E-state index in [0.29, 0.717) is 0 Å². The van der Waals surface area contributed by atoms with Crippen molar-refractivity contribution in [3.05, 3.63) is 29.5 Å². The number of aryl methyl sites for hydroxylation is 1. The lowest BCUT2D eigenvalue weighted by atomic mass is 9.91. The largest absolute Gasteiger partial charge is 0.388 e. The predicted molar refractivity (Wildman–Crippen MR) is 96.8 cm³/mol. The second-order valence-corrected chi connectivity index (χ2v) is 6.57. The Kier molecular flexibility index (Phi) is 5.01. The highest BCUT2D eigenvalue weighted by Gasteiger charge is 2.19. The summed E-state index contributed by atoms with van der Waals surface area (Å²) in [5.74, 6) is 0.824. The first kappa shape index (κ1) is 16.1. The summed E-state index contributed by atoms with van der Waals surface area (Å²) in [4.78, 5) is 2.42. The molecule has 2 heterocycles. The van der Waals surface area contributed by atoms with Gasteiger partial charge in [0, 0.05) is 23.7 Å². The third-order valence-electron chi connectivity index (χ3n) is 4.98. The summed E-state index contributed by atoms with van der Waals surface area (Å²) >= 11 is 0. The molecule has 0 spiro atoms. The predicted octanol–water partition coefficient (Wildman–Crippen LogP) is 4.18. The molecule has 1 aromatic heterocycles. The van der Waals surface area contributed by atoms with E-state index in [4.69, 9.17) is 4.52 Å². The Morgan fingerprint density at radius 2 is 2.13 bits per heavy atom. The molecule has 1 fully saturated rings. The normalized spacial score (nSPS) is 17.3. The quantitative estimate of drug-likeness (QED) is 0.899. The van der Waals surface area contributed by atoms with E-state index in [-0.39, 0.29) is 0 Å². The molecular formula is C19H27N3O. The minimum atomic E-state index is 0.824. The molecule has 0 saturated carbocycles. The smallest absolute Gasteiger partial charge is 0.176 e. The highest BCUT2D eigenvalue weighted by molar-refractivity contribution is 5.93. The van der Waals surface area contributed by atoms with Crippen LogP contribution in [0, 0.1) is 5.92 Å². The van der Waals surface area contributed by atoms with Crippen LogP contribution in [-0.4, -0.2) is 37.2 Å². The van der Waals surface area contributed by atoms with Crippen LogP contribution < -0.4 is 5.32 Å². The van der Waals surface area contributed by atoms with Crippen LogP contribution in [0.4, 0.5) is 5.69 Å². The second-order valence-electron chi connectivity index (χ2n) is 6.57. The van der Waals surface area contributed by atoms with Crippen molar-refractivity contribution in [3.8, 4) is 0 Å². The van der Waals surface area contributed by atoms with Gasteiger partial charge in [-0.3, -0.25) is 0 Å². The Hall–Kier alpha value is -1.81. The summed E-state index contributed by atoms with van der Waals surface area (Å²) in [6, 6.07) is 4.25. The van der Waals surface area contributed by atoms with E-state index in [2.05, 4.69) is 40.6 Å². The maximum absolute atomic E-state index is 5.68. The van der Waals surface area contributed by atoms with E-state index in [1.54, 1.807) is 0 Å². The van der Waals surface area contributed by atoms with Crippen LogP contribution in [0.5, 0.6) is 0 Å². The number of fused-ring (bicyclic) bond motifs is 1. The molecule has 0 amide bonds. The summed E-state index contributed by atoms with van der Waals surface area (Å²) < 4.78 is 5.68. The minimum absolute atomic E-state index is 0.824. The lowest BCUT2D eigenvalue weighted by Gasteiger charge is -2.28. The summed E-state index contributed by atoms with van der Waals surface area (Å²) in [5, 5.41) is 8.75. The number of anilines is 1. The fourth-order valence-corrected chi connectivity index (χ4v) is 3.50. The molecule has 2 aromatic rings. The van der Waals surface area contributed by atoms with E-state index >= 15 is 0 Å². The average molecular weight is 313 g/mol. The number of nitrogens with zero attached hydrogens (tertiary/aromatic N) is 2. The standard InChI is InChI=1S/C19H27N3O/c1-4-5-15-17(20-2)9-7-16-18(21-23-19(15)16)8-6-14-10-12-22(3)13-11-14/h4-5,7,9,14,20H,6,8,10-13H2,1-3H3. The Labute approximate surface area is 138 Å². The lowest BCUT2D eigenvalue weighted by Crippen LogP contribution is -2.30. The molecule has 4 heteroatoms. The fourth-order valence-electron chi connectivity index (χ4n) is 3.50. The van der Waals surface area contributed by atoms with Gasteiger partial charge in [0.05, 0.1) is 5.69 Å². The lowest BCUT2D eigenvalue weighted by molar-refractivity contribution is 0.212. The highest BCUT2D eigenvalue weighted by Crippen LogP contribution is 2.31. The van der Waals surface area contributed by atoms with E-state index in [1.807, 2.05) is 20.0 Å². The highest BCUT2D eigenvalue weighted by atomic mass is 16.5. The topological polar surface area (TPSA) is 41.3 Å². The van der Waals surface area contributed by atoms with Crippen molar-refractivity contribution in [1.29, 1.82) is 0 Å². The van der Waals surface area contributed by atoms with Gasteiger partial charge in [0.15, 0.2) is 5.58 Å². The molecule has 0 atom stereocenters. The van der Waals surface area contributed by atoms with Crippen molar-refractivity contribution in [2.24, 2.45) is 5.92 Å². The molecule has 1 saturated heterocycles. The van der Waals surface area contributed by atoms with Crippen LogP contribution in [0.1, 0.15) is 37.4 Å². The molecule has 3 rings (SSSR count). The summed E-state index contributed by atoms with van der Waals surface area (Å²) in [6.45, 7) is 4.47. The van der Waals surface area contributed by atoms with Gasteiger partial charge in [0.2, 0.25) is 0 Å². The summed E-state index contributed by atoms with van der Waals surface area (Å²) in [6.07, 6.45) is 8.95. The van der Waals surface area contributed by atoms with Crippen LogP contribution >= 0.6 is 0 Å². The fraction of sp³-hybridized carbons (Fsp3) is 0.526. The van der Waals surface area contributed by atoms with Crippen molar-refractivity contribution in [2.75, 3.05) is 32.5 Å². The zero-order valence-corrected chi connectivity index (χ0v) is 14.4. The Morgan fingerprint density at radius 3 is 2.83 bits per heavy atom. The van der Waals surface area contributed by atoms with E-state index in [0.717, 1.165) is 40.3 Å². The average Bonchev–Trinajstić information content (AvgIpc) is 2.98. The number of rotatable bonds is 5. The van der Waals surface area contributed by atoms with Gasteiger partial charge in [0.1, 0.15) is 0 Å². The van der Waals surface area contributed by atoms with Crippen molar-refractivity contribution in [1.82, 2.24) is 10.1 Å². The van der Waals surface area contributed by atoms with Crippen molar-refractivity contribution in [3.63, 3.8) is 0 Å². The second kappa shape index (κ2) is 7.18. The van der Waals surface area contributed by atoms with E-state index in [9.17, 15) is 0 Å². The van der Waals surface area contributed by atoms with Crippen molar-refractivity contribution >= 4 is 22.7 Å². The Morgan fingerprint density at radius 1 is 1.35 bits per heavy atom. The van der Waals surface area contributed by atoms with Gasteiger partial charge in [-0.05, 0) is 70.8 Å². The van der Waals surface area contributed by atoms with E-state index < -0.39 is 0 Å². The molecule has 4 nitrogen and oxygen atoms in total. The molecule has 124 valence electrons. The van der Waals surface area contributed by atoms with Crippen LogP contribution in [0.3, 0.4) is 0 Å². The number of nitrogens with one attached hydrogen (secondary N) is 1. The third-order valence-corrected chi connectivity index (χ3v) is 4.98. The van der Waals surface area contributed by atoms with Crippen molar-refractivity contribution < 1.29 is 4.52 Å². The molecule has 0 aliphatic carbocycles. The van der Waals surface area contributed by atoms with Gasteiger partial charge in [-0.2, -0.15) is 0 Å². The van der Waals surface area contributed by atoms with Crippen LogP contribution in [0.15, 0.2) is 22.7 Å². The first-order valence-corrected chi connectivity index (χ1v) is 8.63. The van der Waals surface area contributed by atoms with Gasteiger partial charge in [0.25, 0.3) is 0 Å². The molecule has 1 N–H and O–H groups in total. The number of likely N-dealkylation sites (tertiary alicyclic amines) is 1. The summed E-state index contributed by atoms with van der Waals surface area (Å²) in [7, 11) is 4.15. The molecular weight excluding hydrogens is 286 g/mol. The van der Waals surface area contributed by atoms with Crippen LogP contribution in [0.2, 0.25) is 0 Å². The first-order chi connectivity index (χ1) is 11.2. The minimum Gasteiger partial charge on any atom is -0.388 e. The molecule has 0 bridgehead atoms. The monoisotopic (exact) mass is 313 g/mol. The Balaban J connectivity index is 1.78. The number of piperidine rings is 1. The van der Waals surface area contributed by atoms with Crippen LogP contribution in [0.25, 0.3) is 17.0 Å². The molecule has 0 unspecified atom stereocenters. The van der Waals surface area contributed by atoms with Gasteiger partial charge >= 0.3 is 0 Å². The maximum Gasteiger partial charge on any atom is 0.176 e. The van der Waals surface area contributed by atoms with E-state index in [1.165, 1.54) is 32.4 Å². The molecule has 1 aliphatic heterocycles. The zero-order valence-electron chi connectivity index (χ0n) is 14.4. The Bertz CT molecular complexity index is 681. The number of hydrogen-bond acceptors (Lipinski definition) is 4. The first-order valence-electron chi connectivity index (χ1n) is 8.63. The molecule has 0 radical (unpaired) electrons. The number of allylic oxidation sites excluding steroid dienone is 1.